The van der Waals surface area contributed by atoms with Crippen LogP contribution in [-0.4, -0.2) is 63.2 Å². The summed E-state index contributed by atoms with van der Waals surface area (Å²) in [5.41, 5.74) is 5.11. The van der Waals surface area contributed by atoms with Gasteiger partial charge in [0.25, 0.3) is 0 Å². The van der Waals surface area contributed by atoms with Crippen molar-refractivity contribution in [1.82, 2.24) is 19.5 Å². The number of imidazole rings is 1. The zero-order valence-corrected chi connectivity index (χ0v) is 19.0. The Morgan fingerprint density at radius 1 is 1.06 bits per heavy atom. The third-order valence-corrected chi connectivity index (χ3v) is 6.22. The van der Waals surface area contributed by atoms with E-state index in [1.54, 1.807) is 6.33 Å². The summed E-state index contributed by atoms with van der Waals surface area (Å²) in [5, 5.41) is 4.38. The number of likely N-dealkylation sites (N-methyl/N-ethyl adjacent to an activating group) is 1. The van der Waals surface area contributed by atoms with Gasteiger partial charge in [-0.2, -0.15) is 0 Å². The molecule has 4 heterocycles. The van der Waals surface area contributed by atoms with Gasteiger partial charge in [-0.25, -0.2) is 19.4 Å². The molecular formula is C25H24FN6O2+. The van der Waals surface area contributed by atoms with Crippen LogP contribution in [0, 0.1) is 12.7 Å². The number of ether oxygens (including phenoxy) is 1. The summed E-state index contributed by atoms with van der Waals surface area (Å²) in [4.78, 5) is 8.78. The van der Waals surface area contributed by atoms with Crippen LogP contribution in [0.1, 0.15) is 11.3 Å². The summed E-state index contributed by atoms with van der Waals surface area (Å²) in [7, 11) is 2.06. The van der Waals surface area contributed by atoms with Gasteiger partial charge in [-0.3, -0.25) is 4.58 Å². The van der Waals surface area contributed by atoms with Gasteiger partial charge in [0.1, 0.15) is 31.0 Å². The lowest BCUT2D eigenvalue weighted by atomic mass is 10.1. The van der Waals surface area contributed by atoms with Crippen molar-refractivity contribution in [2.45, 2.75) is 6.92 Å². The molecular weight excluding hydrogens is 435 g/mol. The second kappa shape index (κ2) is 8.02. The van der Waals surface area contributed by atoms with Gasteiger partial charge in [0.05, 0.1) is 37.0 Å². The molecule has 0 atom stereocenters. The van der Waals surface area contributed by atoms with Gasteiger partial charge in [0, 0.05) is 11.8 Å². The topological polar surface area (TPSA) is 62.6 Å². The predicted octanol–water partition coefficient (Wildman–Crippen LogP) is 3.61. The lowest BCUT2D eigenvalue weighted by Gasteiger charge is -2.38. The first-order chi connectivity index (χ1) is 16.6. The van der Waals surface area contributed by atoms with Crippen molar-refractivity contribution in [3.05, 3.63) is 78.1 Å². The van der Waals surface area contributed by atoms with Crippen molar-refractivity contribution in [3.63, 3.8) is 0 Å². The highest BCUT2D eigenvalue weighted by Gasteiger charge is 2.40. The number of aromatic nitrogens is 3. The van der Waals surface area contributed by atoms with Gasteiger partial charge in [0.2, 0.25) is 5.76 Å². The van der Waals surface area contributed by atoms with E-state index in [1.165, 1.54) is 18.5 Å². The van der Waals surface area contributed by atoms with Crippen LogP contribution < -0.4 is 5.01 Å². The first-order valence-corrected chi connectivity index (χ1v) is 11.2. The minimum Gasteiger partial charge on any atom is -0.482 e. The van der Waals surface area contributed by atoms with Crippen LogP contribution in [0.25, 0.3) is 22.9 Å². The second-order valence-electron chi connectivity index (χ2n) is 8.45. The summed E-state index contributed by atoms with van der Waals surface area (Å²) in [6.45, 7) is 4.79. The molecule has 0 amide bonds. The molecule has 0 aliphatic carbocycles. The van der Waals surface area contributed by atoms with Crippen LogP contribution in [-0.2, 0) is 4.74 Å². The maximum Gasteiger partial charge on any atom is 0.338 e. The van der Waals surface area contributed by atoms with Crippen molar-refractivity contribution in [2.75, 3.05) is 38.3 Å². The Morgan fingerprint density at radius 2 is 1.91 bits per heavy atom. The molecule has 2 aliphatic heterocycles. The molecule has 0 radical (unpaired) electrons. The lowest BCUT2D eigenvalue weighted by Crippen LogP contribution is -2.59. The first kappa shape index (κ1) is 20.5. The number of hydrogen-bond donors (Lipinski definition) is 0. The zero-order valence-electron chi connectivity index (χ0n) is 19.0. The van der Waals surface area contributed by atoms with Crippen molar-refractivity contribution < 1.29 is 18.1 Å². The number of aryl methyl sites for hydroxylation is 1. The molecule has 34 heavy (non-hydrogen) atoms. The van der Waals surface area contributed by atoms with Crippen LogP contribution in [0.15, 0.2) is 65.5 Å². The van der Waals surface area contributed by atoms with Crippen LogP contribution in [0.4, 0.5) is 10.1 Å². The fourth-order valence-electron chi connectivity index (χ4n) is 4.59. The molecule has 0 bridgehead atoms. The monoisotopic (exact) mass is 459 g/mol. The number of hydrogen-bond acceptors (Lipinski definition) is 6. The lowest BCUT2D eigenvalue weighted by molar-refractivity contribution is -0.507. The molecule has 2 aliphatic rings. The van der Waals surface area contributed by atoms with Gasteiger partial charge in [-0.1, -0.05) is 0 Å². The van der Waals surface area contributed by atoms with Gasteiger partial charge >= 0.3 is 5.84 Å². The average molecular weight is 460 g/mol. The minimum absolute atomic E-state index is 0.241. The molecule has 172 valence electrons. The largest absolute Gasteiger partial charge is 0.482 e. The number of hydrazine groups is 1. The fourth-order valence-corrected chi connectivity index (χ4v) is 4.59. The summed E-state index contributed by atoms with van der Waals surface area (Å²) in [5.74, 6) is 1.48. The Kier molecular flexibility index (Phi) is 4.83. The molecule has 0 spiro atoms. The molecule has 1 fully saturated rings. The van der Waals surface area contributed by atoms with Gasteiger partial charge in [0.15, 0.2) is 12.0 Å². The first-order valence-electron chi connectivity index (χ1n) is 11.2. The normalized spacial score (nSPS) is 17.4. The summed E-state index contributed by atoms with van der Waals surface area (Å²) in [6.07, 6.45) is 7.20. The SMILES string of the molecule is Cc1cn(-c2ccc(C=C3OCCN4C3=[N+](C)CCN4c3ccc(F)cc3)c3ocnc23)cn1. The number of nitrogens with zero attached hydrogens (tertiary/aromatic N) is 6. The number of benzene rings is 2. The van der Waals surface area contributed by atoms with E-state index >= 15 is 0 Å². The van der Waals surface area contributed by atoms with Crippen LogP contribution in [0.5, 0.6) is 0 Å². The highest BCUT2D eigenvalue weighted by atomic mass is 19.1. The number of rotatable bonds is 3. The van der Waals surface area contributed by atoms with E-state index in [-0.39, 0.29) is 5.82 Å². The molecule has 8 nitrogen and oxygen atoms in total. The second-order valence-corrected chi connectivity index (χ2v) is 8.45. The van der Waals surface area contributed by atoms with Crippen molar-refractivity contribution in [3.8, 4) is 5.69 Å². The fraction of sp³-hybridized carbons (Fsp3) is 0.240. The Labute approximate surface area is 195 Å². The molecule has 4 aromatic rings. The van der Waals surface area contributed by atoms with Crippen molar-refractivity contribution in [2.24, 2.45) is 0 Å². The molecule has 2 aromatic heterocycles. The van der Waals surface area contributed by atoms with E-state index in [4.69, 9.17) is 9.15 Å². The third-order valence-electron chi connectivity index (χ3n) is 6.22. The molecule has 0 saturated carbocycles. The van der Waals surface area contributed by atoms with Crippen LogP contribution in [0.3, 0.4) is 0 Å². The van der Waals surface area contributed by atoms with Gasteiger partial charge in [-0.15, -0.1) is 5.01 Å². The number of oxazole rings is 1. The molecule has 0 N–H and O–H groups in total. The summed E-state index contributed by atoms with van der Waals surface area (Å²) >= 11 is 0. The van der Waals surface area contributed by atoms with Crippen LogP contribution >= 0.6 is 0 Å². The van der Waals surface area contributed by atoms with E-state index in [0.717, 1.165) is 52.8 Å². The molecule has 2 aromatic carbocycles. The Bertz CT molecular complexity index is 1440. The van der Waals surface area contributed by atoms with Gasteiger partial charge in [-0.05, 0) is 49.4 Å². The van der Waals surface area contributed by atoms with E-state index in [1.807, 2.05) is 48.0 Å². The number of morpholine rings is 1. The average Bonchev–Trinajstić information content (AvgIpc) is 3.50. The smallest absolute Gasteiger partial charge is 0.338 e. The summed E-state index contributed by atoms with van der Waals surface area (Å²) < 4.78 is 29.6. The standard InChI is InChI=1S/C25H24FN6O2/c1-17-14-30(15-27-17)21-8-3-18(24-23(21)28-16-34-24)13-22-25-29(2)9-10-31(32(25)11-12-33-22)20-6-4-19(26)5-7-20/h3-8,13-16H,9-12H2,1-2H3/q+1. The molecule has 1 saturated heterocycles. The van der Waals surface area contributed by atoms with Crippen molar-refractivity contribution in [1.29, 1.82) is 0 Å². The Hall–Kier alpha value is -4.14. The van der Waals surface area contributed by atoms with Crippen molar-refractivity contribution >= 4 is 28.7 Å². The highest BCUT2D eigenvalue weighted by molar-refractivity contribution is 6.00. The minimum atomic E-state index is -0.241. The molecule has 9 heteroatoms. The number of amidine groups is 1. The quantitative estimate of drug-likeness (QED) is 0.436. The van der Waals surface area contributed by atoms with E-state index in [2.05, 4.69) is 31.6 Å². The maximum absolute atomic E-state index is 13.5. The zero-order chi connectivity index (χ0) is 23.2. The molecule has 6 rings (SSSR count). The van der Waals surface area contributed by atoms with Gasteiger partial charge < -0.3 is 13.7 Å². The Morgan fingerprint density at radius 3 is 2.71 bits per heavy atom. The summed E-state index contributed by atoms with van der Waals surface area (Å²) in [6, 6.07) is 10.6. The van der Waals surface area contributed by atoms with E-state index in [0.29, 0.717) is 18.7 Å². The highest BCUT2D eigenvalue weighted by Crippen LogP contribution is 2.29. The van der Waals surface area contributed by atoms with Crippen LogP contribution in [0.2, 0.25) is 0 Å². The predicted molar refractivity (Wildman–Crippen MR) is 126 cm³/mol. The number of halogens is 1. The number of anilines is 1. The Balaban J connectivity index is 1.40. The van der Waals surface area contributed by atoms with E-state index in [9.17, 15) is 4.39 Å². The number of fused-ring (bicyclic) bond motifs is 2. The molecule has 0 unspecified atom stereocenters. The third kappa shape index (κ3) is 3.40. The van der Waals surface area contributed by atoms with E-state index < -0.39 is 0 Å². The maximum atomic E-state index is 13.5.